The number of hydrogen-bond donors (Lipinski definition) is 2. The molecule has 0 unspecified atom stereocenters. The van der Waals surface area contributed by atoms with E-state index < -0.39 is 38.0 Å². The second-order valence-corrected chi connectivity index (χ2v) is 12.9. The molecule has 2 N–H and O–H groups in total. The zero-order chi connectivity index (χ0) is 25.9. The van der Waals surface area contributed by atoms with Crippen molar-refractivity contribution < 1.29 is 26.4 Å². The van der Waals surface area contributed by atoms with E-state index in [1.165, 1.54) is 38.4 Å². The molecule has 0 radical (unpaired) electrons. The number of sulfonamides is 2. The van der Waals surface area contributed by atoms with Gasteiger partial charge in [0.1, 0.15) is 6.54 Å². The fourth-order valence-electron chi connectivity index (χ4n) is 2.91. The fraction of sp³-hybridized carbons (Fsp3) is 0.364. The molecule has 0 bridgehead atoms. The van der Waals surface area contributed by atoms with Crippen LogP contribution in [-0.2, 0) is 24.8 Å². The zero-order valence-corrected chi connectivity index (χ0v) is 21.6. The van der Waals surface area contributed by atoms with Crippen LogP contribution in [0.2, 0.25) is 0 Å². The van der Waals surface area contributed by atoms with Crippen molar-refractivity contribution in [3.8, 4) is 0 Å². The topological polar surface area (TPSA) is 133 Å². The summed E-state index contributed by atoms with van der Waals surface area (Å²) in [7, 11) is -4.81. The van der Waals surface area contributed by atoms with Crippen LogP contribution in [0.3, 0.4) is 0 Å². The van der Waals surface area contributed by atoms with Crippen LogP contribution in [0, 0.1) is 0 Å². The van der Waals surface area contributed by atoms with Gasteiger partial charge in [-0.3, -0.25) is 13.9 Å². The van der Waals surface area contributed by atoms with Crippen molar-refractivity contribution in [3.05, 3.63) is 54.1 Å². The fourth-order valence-corrected chi connectivity index (χ4v) is 4.67. The van der Waals surface area contributed by atoms with E-state index in [1.807, 2.05) is 20.8 Å². The Balaban J connectivity index is 2.29. The third-order valence-electron chi connectivity index (χ3n) is 4.53. The van der Waals surface area contributed by atoms with Gasteiger partial charge in [-0.15, -0.1) is 0 Å². The Kier molecular flexibility index (Phi) is 8.12. The van der Waals surface area contributed by atoms with Gasteiger partial charge in [-0.1, -0.05) is 12.1 Å². The summed E-state index contributed by atoms with van der Waals surface area (Å²) in [6, 6.07) is 11.6. The summed E-state index contributed by atoms with van der Waals surface area (Å²) in [5, 5.41) is 5.41. The van der Waals surface area contributed by atoms with Crippen LogP contribution < -0.4 is 14.9 Å². The van der Waals surface area contributed by atoms with Crippen LogP contribution in [0.5, 0.6) is 0 Å². The minimum atomic E-state index is -3.89. The smallest absolute Gasteiger partial charge is 0.253 e. The molecule has 0 spiro atoms. The van der Waals surface area contributed by atoms with Gasteiger partial charge in [-0.25, -0.2) is 21.1 Å². The number of amides is 2. The molecule has 0 heterocycles. The molecule has 0 saturated heterocycles. The highest BCUT2D eigenvalue weighted by molar-refractivity contribution is 7.92. The summed E-state index contributed by atoms with van der Waals surface area (Å²) in [4.78, 5) is 25.4. The molecule has 0 aliphatic carbocycles. The minimum absolute atomic E-state index is 0.0158. The molecular formula is C22H30N4O6S2. The van der Waals surface area contributed by atoms with Crippen molar-refractivity contribution in [1.82, 2.24) is 9.62 Å². The highest BCUT2D eigenvalue weighted by atomic mass is 32.2. The molecule has 0 aromatic heterocycles. The van der Waals surface area contributed by atoms with E-state index >= 15 is 0 Å². The molecular weight excluding hydrogens is 480 g/mol. The molecule has 34 heavy (non-hydrogen) atoms. The van der Waals surface area contributed by atoms with Crippen LogP contribution in [0.15, 0.2) is 53.4 Å². The maximum Gasteiger partial charge on any atom is 0.253 e. The van der Waals surface area contributed by atoms with Crippen molar-refractivity contribution in [2.75, 3.05) is 36.5 Å². The molecule has 10 nitrogen and oxygen atoms in total. The van der Waals surface area contributed by atoms with E-state index in [2.05, 4.69) is 10.6 Å². The van der Waals surface area contributed by atoms with Gasteiger partial charge in [0.15, 0.2) is 0 Å². The van der Waals surface area contributed by atoms with Crippen molar-refractivity contribution >= 4 is 43.2 Å². The molecule has 12 heteroatoms. The van der Waals surface area contributed by atoms with Gasteiger partial charge in [0.05, 0.1) is 28.1 Å². The maximum atomic E-state index is 12.8. The van der Waals surface area contributed by atoms with Crippen molar-refractivity contribution in [2.24, 2.45) is 0 Å². The van der Waals surface area contributed by atoms with E-state index in [1.54, 1.807) is 24.3 Å². The monoisotopic (exact) mass is 510 g/mol. The second-order valence-electron chi connectivity index (χ2n) is 8.85. The van der Waals surface area contributed by atoms with E-state index in [0.29, 0.717) is 0 Å². The van der Waals surface area contributed by atoms with Crippen LogP contribution in [0.4, 0.5) is 11.4 Å². The van der Waals surface area contributed by atoms with Crippen molar-refractivity contribution in [3.63, 3.8) is 0 Å². The van der Waals surface area contributed by atoms with E-state index in [-0.39, 0.29) is 27.7 Å². The first-order valence-electron chi connectivity index (χ1n) is 10.2. The molecule has 2 amide bonds. The predicted molar refractivity (Wildman–Crippen MR) is 132 cm³/mol. The molecule has 0 aliphatic rings. The number of para-hydroxylation sites is 1. The van der Waals surface area contributed by atoms with Gasteiger partial charge in [0, 0.05) is 19.6 Å². The Bertz CT molecular complexity index is 1270. The first-order chi connectivity index (χ1) is 15.5. The van der Waals surface area contributed by atoms with Gasteiger partial charge >= 0.3 is 0 Å². The predicted octanol–water partition coefficient (Wildman–Crippen LogP) is 1.87. The lowest BCUT2D eigenvalue weighted by molar-refractivity contribution is -0.114. The molecule has 0 saturated carbocycles. The summed E-state index contributed by atoms with van der Waals surface area (Å²) in [6.07, 6.45) is 0.940. The van der Waals surface area contributed by atoms with Crippen molar-refractivity contribution in [2.45, 2.75) is 31.2 Å². The largest absolute Gasteiger partial charge is 0.347 e. The van der Waals surface area contributed by atoms with Gasteiger partial charge in [0.2, 0.25) is 26.0 Å². The Morgan fingerprint density at radius 2 is 1.47 bits per heavy atom. The molecule has 0 fully saturated rings. The average molecular weight is 511 g/mol. The first kappa shape index (κ1) is 27.3. The molecule has 2 aromatic rings. The van der Waals surface area contributed by atoms with Gasteiger partial charge in [-0.2, -0.15) is 0 Å². The van der Waals surface area contributed by atoms with Crippen LogP contribution in [0.25, 0.3) is 0 Å². The maximum absolute atomic E-state index is 12.8. The summed E-state index contributed by atoms with van der Waals surface area (Å²) in [5.41, 5.74) is 0.0900. The van der Waals surface area contributed by atoms with Crippen LogP contribution in [-0.4, -0.2) is 65.4 Å². The second kappa shape index (κ2) is 10.1. The van der Waals surface area contributed by atoms with Crippen LogP contribution >= 0.6 is 0 Å². The van der Waals surface area contributed by atoms with Crippen LogP contribution in [0.1, 0.15) is 31.1 Å². The molecule has 186 valence electrons. The van der Waals surface area contributed by atoms with Crippen molar-refractivity contribution in [1.29, 1.82) is 0 Å². The zero-order valence-electron chi connectivity index (χ0n) is 20.0. The lowest BCUT2D eigenvalue weighted by Gasteiger charge is -2.23. The number of carbonyl (C=O) groups excluding carboxylic acids is 2. The lowest BCUT2D eigenvalue weighted by atomic mass is 10.1. The Morgan fingerprint density at radius 3 is 1.97 bits per heavy atom. The summed E-state index contributed by atoms with van der Waals surface area (Å²) < 4.78 is 51.2. The third kappa shape index (κ3) is 7.02. The summed E-state index contributed by atoms with van der Waals surface area (Å²) >= 11 is 0. The number of anilines is 2. The highest BCUT2D eigenvalue weighted by Crippen LogP contribution is 2.22. The number of carbonyl (C=O) groups is 2. The number of hydrogen-bond acceptors (Lipinski definition) is 6. The molecule has 2 aromatic carbocycles. The standard InChI is InChI=1S/C22H30N4O6S2/c1-22(2,3)24-21(28)18-9-7-8-10-19(18)23-20(27)15-26(33(6,29)30)16-11-13-17(14-12-16)34(31,32)25(4)5/h7-14H,15H2,1-6H3,(H,23,27)(H,24,28). The number of nitrogens with zero attached hydrogens (tertiary/aromatic N) is 2. The first-order valence-corrected chi connectivity index (χ1v) is 13.5. The number of rotatable bonds is 8. The highest BCUT2D eigenvalue weighted by Gasteiger charge is 2.24. The quantitative estimate of drug-likeness (QED) is 0.557. The van der Waals surface area contributed by atoms with Gasteiger partial charge < -0.3 is 10.6 Å². The normalized spacial score (nSPS) is 12.3. The lowest BCUT2D eigenvalue weighted by Crippen LogP contribution is -2.41. The van der Waals surface area contributed by atoms with Gasteiger partial charge in [-0.05, 0) is 57.2 Å². The minimum Gasteiger partial charge on any atom is -0.347 e. The Hall–Kier alpha value is -2.96. The van der Waals surface area contributed by atoms with E-state index in [0.717, 1.165) is 14.9 Å². The number of nitrogens with one attached hydrogen (secondary N) is 2. The molecule has 0 atom stereocenters. The van der Waals surface area contributed by atoms with Gasteiger partial charge in [0.25, 0.3) is 5.91 Å². The Labute approximate surface area is 201 Å². The average Bonchev–Trinajstić information content (AvgIpc) is 2.70. The molecule has 0 aliphatic heterocycles. The van der Waals surface area contributed by atoms with E-state index in [9.17, 15) is 26.4 Å². The van der Waals surface area contributed by atoms with E-state index in [4.69, 9.17) is 0 Å². The Morgan fingerprint density at radius 1 is 0.912 bits per heavy atom. The molecule has 2 rings (SSSR count). The summed E-state index contributed by atoms with van der Waals surface area (Å²) in [5.74, 6) is -1.06. The SMILES string of the molecule is CN(C)S(=O)(=O)c1ccc(N(CC(=O)Nc2ccccc2C(=O)NC(C)(C)C)S(C)(=O)=O)cc1. The summed E-state index contributed by atoms with van der Waals surface area (Å²) in [6.45, 7) is 4.90. The number of benzene rings is 2. The third-order valence-corrected chi connectivity index (χ3v) is 7.50.